The van der Waals surface area contributed by atoms with E-state index in [4.69, 9.17) is 5.11 Å². The van der Waals surface area contributed by atoms with Crippen LogP contribution in [0.1, 0.15) is 10.4 Å². The Bertz CT molecular complexity index is 445. The number of carboxylic acids is 1. The van der Waals surface area contributed by atoms with E-state index in [2.05, 4.69) is 4.31 Å². The van der Waals surface area contributed by atoms with Crippen LogP contribution in [0.5, 0.6) is 0 Å². The van der Waals surface area contributed by atoms with E-state index in [0.29, 0.717) is 5.56 Å². The number of hydrogen-bond donors (Lipinski definition) is 1. The number of carbonyl (C=O) groups excluding carboxylic acids is 1. The Hall–Kier alpha value is -1.53. The van der Waals surface area contributed by atoms with Crippen molar-refractivity contribution in [2.24, 2.45) is 0 Å². The summed E-state index contributed by atoms with van der Waals surface area (Å²) in [4.78, 5) is 24.1. The number of aromatic carboxylic acids is 1. The highest BCUT2D eigenvalue weighted by molar-refractivity contribution is 7.97. The Kier molecular flexibility index (Phi) is 4.22. The zero-order valence-corrected chi connectivity index (χ0v) is 10.6. The Morgan fingerprint density at radius 1 is 1.28 bits per heavy atom. The lowest BCUT2D eigenvalue weighted by Gasteiger charge is -2.31. The molecule has 1 saturated heterocycles. The first-order chi connectivity index (χ1) is 8.69. The minimum Gasteiger partial charge on any atom is -0.478 e. The Balaban J connectivity index is 1.95. The summed E-state index contributed by atoms with van der Waals surface area (Å²) in [5.74, 6) is -0.914. The van der Waals surface area contributed by atoms with Crippen molar-refractivity contribution in [3.05, 3.63) is 29.8 Å². The molecule has 0 saturated carbocycles. The van der Waals surface area contributed by atoms with Crippen molar-refractivity contribution in [1.29, 1.82) is 0 Å². The highest BCUT2D eigenvalue weighted by atomic mass is 32.2. The molecule has 0 bridgehead atoms. The van der Waals surface area contributed by atoms with Gasteiger partial charge in [-0.05, 0) is 30.1 Å². The SMILES string of the molecule is O=CN1CCN(Sc2cccc(C(=O)O)c2)CC1. The van der Waals surface area contributed by atoms with Crippen molar-refractivity contribution in [3.63, 3.8) is 0 Å². The molecule has 5 nitrogen and oxygen atoms in total. The molecule has 1 aromatic carbocycles. The molecule has 0 radical (unpaired) electrons. The van der Waals surface area contributed by atoms with Crippen molar-refractivity contribution in [2.75, 3.05) is 26.2 Å². The molecule has 0 atom stereocenters. The van der Waals surface area contributed by atoms with Crippen LogP contribution in [0, 0.1) is 0 Å². The highest BCUT2D eigenvalue weighted by Crippen LogP contribution is 2.24. The third kappa shape index (κ3) is 3.24. The first-order valence-electron chi connectivity index (χ1n) is 5.64. The lowest BCUT2D eigenvalue weighted by molar-refractivity contribution is -0.119. The quantitative estimate of drug-likeness (QED) is 0.654. The summed E-state index contributed by atoms with van der Waals surface area (Å²) in [6.07, 6.45) is 0.868. The monoisotopic (exact) mass is 266 g/mol. The molecule has 1 aliphatic rings. The number of carboxylic acid groups (broad SMARTS) is 1. The van der Waals surface area contributed by atoms with Gasteiger partial charge < -0.3 is 10.0 Å². The molecule has 96 valence electrons. The number of benzene rings is 1. The second-order valence-electron chi connectivity index (χ2n) is 3.99. The zero-order valence-electron chi connectivity index (χ0n) is 9.78. The van der Waals surface area contributed by atoms with E-state index in [9.17, 15) is 9.59 Å². The van der Waals surface area contributed by atoms with E-state index in [1.165, 1.54) is 11.9 Å². The molecule has 0 aliphatic carbocycles. The maximum atomic E-state index is 10.9. The van der Waals surface area contributed by atoms with Gasteiger partial charge in [-0.15, -0.1) is 0 Å². The third-order valence-electron chi connectivity index (χ3n) is 2.74. The summed E-state index contributed by atoms with van der Waals surface area (Å²) in [7, 11) is 0. The second-order valence-corrected chi connectivity index (χ2v) is 5.17. The van der Waals surface area contributed by atoms with Crippen molar-refractivity contribution in [1.82, 2.24) is 9.21 Å². The van der Waals surface area contributed by atoms with Crippen LogP contribution in [0.3, 0.4) is 0 Å². The summed E-state index contributed by atoms with van der Waals surface area (Å²) in [5, 5.41) is 8.91. The fourth-order valence-corrected chi connectivity index (χ4v) is 2.70. The lowest BCUT2D eigenvalue weighted by Crippen LogP contribution is -2.42. The molecule has 0 spiro atoms. The summed E-state index contributed by atoms with van der Waals surface area (Å²) >= 11 is 1.54. The smallest absolute Gasteiger partial charge is 0.335 e. The molecule has 1 amide bonds. The molecular formula is C12H14N2O3S. The van der Waals surface area contributed by atoms with E-state index in [1.54, 1.807) is 23.1 Å². The van der Waals surface area contributed by atoms with Crippen LogP contribution >= 0.6 is 11.9 Å². The van der Waals surface area contributed by atoms with Gasteiger partial charge in [-0.1, -0.05) is 6.07 Å². The van der Waals surface area contributed by atoms with Gasteiger partial charge in [0.1, 0.15) is 0 Å². The molecule has 0 aromatic heterocycles. The minimum absolute atomic E-state index is 0.298. The van der Waals surface area contributed by atoms with Crippen LogP contribution in [0.25, 0.3) is 0 Å². The van der Waals surface area contributed by atoms with E-state index >= 15 is 0 Å². The van der Waals surface area contributed by atoms with E-state index < -0.39 is 5.97 Å². The molecule has 1 heterocycles. The van der Waals surface area contributed by atoms with E-state index in [-0.39, 0.29) is 0 Å². The molecule has 0 unspecified atom stereocenters. The van der Waals surface area contributed by atoms with Gasteiger partial charge >= 0.3 is 5.97 Å². The summed E-state index contributed by atoms with van der Waals surface area (Å²) < 4.78 is 2.14. The molecule has 6 heteroatoms. The van der Waals surface area contributed by atoms with Gasteiger partial charge in [0, 0.05) is 31.1 Å². The van der Waals surface area contributed by atoms with Gasteiger partial charge in [-0.3, -0.25) is 4.79 Å². The van der Waals surface area contributed by atoms with Crippen molar-refractivity contribution >= 4 is 24.3 Å². The predicted molar refractivity (Wildman–Crippen MR) is 68.5 cm³/mol. The largest absolute Gasteiger partial charge is 0.478 e. The number of hydrogen-bond acceptors (Lipinski definition) is 4. The first kappa shape index (κ1) is 12.9. The second kappa shape index (κ2) is 5.88. The summed E-state index contributed by atoms with van der Waals surface area (Å²) in [6, 6.07) is 6.88. The highest BCUT2D eigenvalue weighted by Gasteiger charge is 2.16. The topological polar surface area (TPSA) is 60.9 Å². The molecule has 1 N–H and O–H groups in total. The first-order valence-corrected chi connectivity index (χ1v) is 6.42. The Morgan fingerprint density at radius 3 is 2.61 bits per heavy atom. The molecule has 2 rings (SSSR count). The van der Waals surface area contributed by atoms with Crippen molar-refractivity contribution in [2.45, 2.75) is 4.90 Å². The van der Waals surface area contributed by atoms with E-state index in [1.807, 2.05) is 6.07 Å². The average molecular weight is 266 g/mol. The van der Waals surface area contributed by atoms with Crippen LogP contribution < -0.4 is 0 Å². The Labute approximate surface area is 110 Å². The standard InChI is InChI=1S/C12H14N2O3S/c15-9-13-4-6-14(7-5-13)18-11-3-1-2-10(8-11)12(16)17/h1-3,8-9H,4-7H2,(H,16,17). The fraction of sp³-hybridized carbons (Fsp3) is 0.333. The van der Waals surface area contributed by atoms with Crippen LogP contribution in [-0.2, 0) is 4.79 Å². The molecule has 1 fully saturated rings. The summed E-state index contributed by atoms with van der Waals surface area (Å²) in [6.45, 7) is 3.02. The number of piperazine rings is 1. The van der Waals surface area contributed by atoms with Gasteiger partial charge in [0.2, 0.25) is 6.41 Å². The number of rotatable bonds is 4. The minimum atomic E-state index is -0.914. The number of carbonyl (C=O) groups is 2. The van der Waals surface area contributed by atoms with Gasteiger partial charge in [-0.2, -0.15) is 0 Å². The van der Waals surface area contributed by atoms with Gasteiger partial charge in [-0.25, -0.2) is 9.10 Å². The maximum absolute atomic E-state index is 10.9. The normalized spacial score (nSPS) is 16.6. The van der Waals surface area contributed by atoms with Crippen molar-refractivity contribution in [3.8, 4) is 0 Å². The summed E-state index contributed by atoms with van der Waals surface area (Å²) in [5.41, 5.74) is 0.298. The maximum Gasteiger partial charge on any atom is 0.335 e. The molecule has 1 aromatic rings. The van der Waals surface area contributed by atoms with Crippen LogP contribution in [0.15, 0.2) is 29.2 Å². The third-order valence-corrected chi connectivity index (χ3v) is 3.83. The predicted octanol–water partition coefficient (Wildman–Crippen LogP) is 1.17. The molecular weight excluding hydrogens is 252 g/mol. The van der Waals surface area contributed by atoms with Gasteiger partial charge in [0.15, 0.2) is 0 Å². The van der Waals surface area contributed by atoms with Crippen LogP contribution in [0.4, 0.5) is 0 Å². The average Bonchev–Trinajstić information content (AvgIpc) is 2.40. The van der Waals surface area contributed by atoms with Crippen LogP contribution in [0.2, 0.25) is 0 Å². The zero-order chi connectivity index (χ0) is 13.0. The van der Waals surface area contributed by atoms with Gasteiger partial charge in [0.25, 0.3) is 0 Å². The van der Waals surface area contributed by atoms with E-state index in [0.717, 1.165) is 37.5 Å². The number of amides is 1. The fourth-order valence-electron chi connectivity index (χ4n) is 1.74. The Morgan fingerprint density at radius 2 is 2.00 bits per heavy atom. The van der Waals surface area contributed by atoms with Crippen molar-refractivity contribution < 1.29 is 14.7 Å². The lowest BCUT2D eigenvalue weighted by atomic mass is 10.2. The van der Waals surface area contributed by atoms with Crippen LogP contribution in [-0.4, -0.2) is 52.9 Å². The molecule has 18 heavy (non-hydrogen) atoms. The number of nitrogens with zero attached hydrogens (tertiary/aromatic N) is 2. The molecule has 1 aliphatic heterocycles. The van der Waals surface area contributed by atoms with Gasteiger partial charge in [0.05, 0.1) is 5.56 Å².